The van der Waals surface area contributed by atoms with Crippen LogP contribution in [0.4, 0.5) is 5.82 Å². The fourth-order valence-electron chi connectivity index (χ4n) is 4.35. The summed E-state index contributed by atoms with van der Waals surface area (Å²) in [5.74, 6) is 0.419. The van der Waals surface area contributed by atoms with Gasteiger partial charge in [0.15, 0.2) is 5.82 Å². The predicted molar refractivity (Wildman–Crippen MR) is 130 cm³/mol. The molecule has 4 aromatic rings. The monoisotopic (exact) mass is 458 g/mol. The number of anilines is 1. The lowest BCUT2D eigenvalue weighted by molar-refractivity contribution is 0.590. The standard InChI is InChI=1S/C26H26N4O2S/c1-4-20-9-11-21(12-10-20)30-19(3)23-15-17-29(26-24(25(23)28-30)6-5-16-27-26)33(31,32)22-13-7-18(2)8-14-22/h5-14,16H,4,15,17H2,1-3H3. The number of fused-ring (bicyclic) bond motifs is 3. The minimum absolute atomic E-state index is 0.266. The van der Waals surface area contributed by atoms with Gasteiger partial charge in [-0.1, -0.05) is 36.8 Å². The summed E-state index contributed by atoms with van der Waals surface area (Å²) in [6.07, 6.45) is 3.17. The van der Waals surface area contributed by atoms with E-state index < -0.39 is 10.0 Å². The number of benzene rings is 2. The van der Waals surface area contributed by atoms with Crippen LogP contribution in [0, 0.1) is 13.8 Å². The zero-order valence-corrected chi connectivity index (χ0v) is 19.8. The smallest absolute Gasteiger partial charge is 0.249 e. The van der Waals surface area contributed by atoms with Gasteiger partial charge < -0.3 is 0 Å². The molecule has 2 aromatic carbocycles. The van der Waals surface area contributed by atoms with Gasteiger partial charge in [-0.15, -0.1) is 0 Å². The SMILES string of the molecule is CCc1ccc(-n2nc3c(c2C)CCN(S(=O)(=O)c2ccc(C)cc2)c2ncccc2-3)cc1. The fraction of sp³-hybridized carbons (Fsp3) is 0.231. The van der Waals surface area contributed by atoms with Gasteiger partial charge in [0, 0.05) is 29.6 Å². The summed E-state index contributed by atoms with van der Waals surface area (Å²) < 4.78 is 30.5. The van der Waals surface area contributed by atoms with Crippen molar-refractivity contribution < 1.29 is 8.42 Å². The predicted octanol–water partition coefficient (Wildman–Crippen LogP) is 4.86. The second kappa shape index (κ2) is 8.15. The molecule has 0 unspecified atom stereocenters. The Kier molecular flexibility index (Phi) is 5.29. The first-order chi connectivity index (χ1) is 15.9. The van der Waals surface area contributed by atoms with Crippen molar-refractivity contribution in [2.75, 3.05) is 10.8 Å². The molecule has 6 nitrogen and oxygen atoms in total. The highest BCUT2D eigenvalue weighted by Crippen LogP contribution is 2.38. The second-order valence-corrected chi connectivity index (χ2v) is 10.2. The molecule has 0 aliphatic carbocycles. The Morgan fingerprint density at radius 2 is 1.70 bits per heavy atom. The zero-order valence-electron chi connectivity index (χ0n) is 19.0. The maximum Gasteiger partial charge on any atom is 0.265 e. The molecule has 0 bridgehead atoms. The van der Waals surface area contributed by atoms with Crippen LogP contribution in [-0.4, -0.2) is 29.7 Å². The highest BCUT2D eigenvalue weighted by molar-refractivity contribution is 7.92. The molecule has 0 saturated heterocycles. The molecular weight excluding hydrogens is 432 g/mol. The molecule has 0 atom stereocenters. The van der Waals surface area contributed by atoms with Gasteiger partial charge in [-0.3, -0.25) is 0 Å². The Labute approximate surface area is 194 Å². The van der Waals surface area contributed by atoms with Crippen LogP contribution in [0.2, 0.25) is 0 Å². The van der Waals surface area contributed by atoms with E-state index in [9.17, 15) is 8.42 Å². The Morgan fingerprint density at radius 3 is 2.39 bits per heavy atom. The summed E-state index contributed by atoms with van der Waals surface area (Å²) in [7, 11) is -3.76. The summed E-state index contributed by atoms with van der Waals surface area (Å²) in [6, 6.07) is 19.1. The number of hydrogen-bond acceptors (Lipinski definition) is 4. The Bertz CT molecular complexity index is 1420. The van der Waals surface area contributed by atoms with E-state index in [-0.39, 0.29) is 4.90 Å². The van der Waals surface area contributed by atoms with E-state index in [1.165, 1.54) is 9.87 Å². The van der Waals surface area contributed by atoms with Gasteiger partial charge >= 0.3 is 0 Å². The lowest BCUT2D eigenvalue weighted by atomic mass is 10.1. The first-order valence-electron chi connectivity index (χ1n) is 11.1. The molecule has 0 N–H and O–H groups in total. The van der Waals surface area contributed by atoms with Crippen LogP contribution in [0.3, 0.4) is 0 Å². The van der Waals surface area contributed by atoms with E-state index in [1.807, 2.05) is 42.8 Å². The number of aryl methyl sites for hydroxylation is 2. The Balaban J connectivity index is 1.63. The van der Waals surface area contributed by atoms with Crippen molar-refractivity contribution in [1.82, 2.24) is 14.8 Å². The summed E-state index contributed by atoms with van der Waals surface area (Å²) in [4.78, 5) is 4.77. The molecule has 1 aliphatic rings. The third-order valence-corrected chi connectivity index (χ3v) is 8.09. The lowest BCUT2D eigenvalue weighted by Gasteiger charge is -2.23. The molecule has 0 amide bonds. The highest BCUT2D eigenvalue weighted by atomic mass is 32.2. The summed E-state index contributed by atoms with van der Waals surface area (Å²) in [6.45, 7) is 6.42. The number of pyridine rings is 1. The minimum atomic E-state index is -3.76. The third kappa shape index (κ3) is 3.62. The van der Waals surface area contributed by atoms with Crippen molar-refractivity contribution in [3.8, 4) is 16.9 Å². The second-order valence-electron chi connectivity index (χ2n) is 8.36. The summed E-state index contributed by atoms with van der Waals surface area (Å²) in [5, 5.41) is 4.93. The van der Waals surface area contributed by atoms with Gasteiger partial charge in [0.05, 0.1) is 10.6 Å². The van der Waals surface area contributed by atoms with Crippen molar-refractivity contribution in [3.63, 3.8) is 0 Å². The summed E-state index contributed by atoms with van der Waals surface area (Å²) >= 11 is 0. The molecule has 168 valence electrons. The average Bonchev–Trinajstić information content (AvgIpc) is 3.05. The molecule has 0 spiro atoms. The Hall–Kier alpha value is -3.45. The van der Waals surface area contributed by atoms with Crippen LogP contribution in [0.5, 0.6) is 0 Å². The highest BCUT2D eigenvalue weighted by Gasteiger charge is 2.33. The molecule has 33 heavy (non-hydrogen) atoms. The van der Waals surface area contributed by atoms with Gasteiger partial charge in [0.1, 0.15) is 5.69 Å². The van der Waals surface area contributed by atoms with Crippen LogP contribution >= 0.6 is 0 Å². The van der Waals surface area contributed by atoms with E-state index in [1.54, 1.807) is 18.3 Å². The first kappa shape index (κ1) is 21.4. The van der Waals surface area contributed by atoms with Gasteiger partial charge in [0.25, 0.3) is 10.0 Å². The largest absolute Gasteiger partial charge is 0.265 e. The maximum atomic E-state index is 13.6. The van der Waals surface area contributed by atoms with Crippen molar-refractivity contribution in [2.45, 2.75) is 38.5 Å². The minimum Gasteiger partial charge on any atom is -0.249 e. The maximum absolute atomic E-state index is 13.6. The molecule has 0 saturated carbocycles. The fourth-order valence-corrected chi connectivity index (χ4v) is 5.79. The van der Waals surface area contributed by atoms with Gasteiger partial charge in [-0.2, -0.15) is 5.10 Å². The first-order valence-corrected chi connectivity index (χ1v) is 12.6. The number of aromatic nitrogens is 3. The molecule has 7 heteroatoms. The van der Waals surface area contributed by atoms with E-state index in [2.05, 4.69) is 36.2 Å². The normalized spacial score (nSPS) is 13.4. The lowest BCUT2D eigenvalue weighted by Crippen LogP contribution is -2.33. The molecule has 0 fully saturated rings. The molecule has 1 aliphatic heterocycles. The van der Waals surface area contributed by atoms with E-state index in [0.29, 0.717) is 18.8 Å². The Morgan fingerprint density at radius 1 is 0.970 bits per heavy atom. The van der Waals surface area contributed by atoms with Crippen LogP contribution < -0.4 is 4.31 Å². The van der Waals surface area contributed by atoms with Crippen molar-refractivity contribution in [1.29, 1.82) is 0 Å². The quantitative estimate of drug-likeness (QED) is 0.438. The van der Waals surface area contributed by atoms with E-state index >= 15 is 0 Å². The third-order valence-electron chi connectivity index (χ3n) is 6.28. The van der Waals surface area contributed by atoms with Crippen molar-refractivity contribution >= 4 is 15.8 Å². The summed E-state index contributed by atoms with van der Waals surface area (Å²) in [5.41, 5.74) is 6.86. The molecule has 0 radical (unpaired) electrons. The number of sulfonamides is 1. The number of hydrogen-bond donors (Lipinski definition) is 0. The molecule has 2 aromatic heterocycles. The zero-order chi connectivity index (χ0) is 23.2. The topological polar surface area (TPSA) is 68.1 Å². The number of nitrogens with zero attached hydrogens (tertiary/aromatic N) is 4. The molecule has 3 heterocycles. The van der Waals surface area contributed by atoms with Crippen LogP contribution in [0.25, 0.3) is 16.9 Å². The van der Waals surface area contributed by atoms with E-state index in [4.69, 9.17) is 5.10 Å². The van der Waals surface area contributed by atoms with Crippen LogP contribution in [0.1, 0.15) is 29.3 Å². The van der Waals surface area contributed by atoms with Crippen LogP contribution in [-0.2, 0) is 22.9 Å². The van der Waals surface area contributed by atoms with Gasteiger partial charge in [0.2, 0.25) is 0 Å². The van der Waals surface area contributed by atoms with Crippen molar-refractivity contribution in [3.05, 3.63) is 89.2 Å². The van der Waals surface area contributed by atoms with Gasteiger partial charge in [-0.25, -0.2) is 22.4 Å². The average molecular weight is 459 g/mol. The molecular formula is C26H26N4O2S. The van der Waals surface area contributed by atoms with E-state index in [0.717, 1.165) is 40.2 Å². The van der Waals surface area contributed by atoms with Crippen LogP contribution in [0.15, 0.2) is 71.8 Å². The van der Waals surface area contributed by atoms with Gasteiger partial charge in [-0.05, 0) is 68.7 Å². The van der Waals surface area contributed by atoms with Crippen molar-refractivity contribution in [2.24, 2.45) is 0 Å². The number of rotatable bonds is 4. The molecule has 5 rings (SSSR count).